The number of Topliss-reactive ketones (excluding diaryl/α,β-unsaturated/α-hetero) is 1. The van der Waals surface area contributed by atoms with E-state index in [1.165, 1.54) is 0 Å². The van der Waals surface area contributed by atoms with Crippen molar-refractivity contribution in [3.05, 3.63) is 29.8 Å². The van der Waals surface area contributed by atoms with E-state index >= 15 is 0 Å². The van der Waals surface area contributed by atoms with Crippen LogP contribution in [0.3, 0.4) is 0 Å². The SMILES string of the molecule is CCS(=O)CC(=O)c1ccc(OC)cc1. The van der Waals surface area contributed by atoms with Gasteiger partial charge in [0.25, 0.3) is 0 Å². The third-order valence-electron chi connectivity index (χ3n) is 2.03. The maximum absolute atomic E-state index is 11.6. The maximum Gasteiger partial charge on any atom is 0.175 e. The van der Waals surface area contributed by atoms with Gasteiger partial charge in [-0.15, -0.1) is 0 Å². The molecule has 1 rings (SSSR count). The lowest BCUT2D eigenvalue weighted by atomic mass is 10.1. The van der Waals surface area contributed by atoms with Crippen LogP contribution in [0.15, 0.2) is 24.3 Å². The summed E-state index contributed by atoms with van der Waals surface area (Å²) >= 11 is 0. The Bertz CT molecular complexity index is 357. The molecule has 82 valence electrons. The quantitative estimate of drug-likeness (QED) is 0.717. The van der Waals surface area contributed by atoms with Gasteiger partial charge in [-0.25, -0.2) is 0 Å². The zero-order valence-electron chi connectivity index (χ0n) is 8.86. The molecule has 0 amide bonds. The van der Waals surface area contributed by atoms with E-state index in [2.05, 4.69) is 0 Å². The molecule has 4 heteroatoms. The monoisotopic (exact) mass is 226 g/mol. The zero-order chi connectivity index (χ0) is 11.3. The molecule has 0 aliphatic rings. The van der Waals surface area contributed by atoms with Crippen LogP contribution in [0.25, 0.3) is 0 Å². The smallest absolute Gasteiger partial charge is 0.175 e. The van der Waals surface area contributed by atoms with Gasteiger partial charge in [0, 0.05) is 22.1 Å². The number of methoxy groups -OCH3 is 1. The van der Waals surface area contributed by atoms with Crippen LogP contribution >= 0.6 is 0 Å². The maximum atomic E-state index is 11.6. The molecule has 0 spiro atoms. The highest BCUT2D eigenvalue weighted by Crippen LogP contribution is 2.11. The zero-order valence-corrected chi connectivity index (χ0v) is 9.67. The molecule has 0 saturated carbocycles. The number of ether oxygens (including phenoxy) is 1. The van der Waals surface area contributed by atoms with E-state index in [-0.39, 0.29) is 11.5 Å². The van der Waals surface area contributed by atoms with Gasteiger partial charge in [0.05, 0.1) is 12.9 Å². The van der Waals surface area contributed by atoms with Crippen LogP contribution in [0, 0.1) is 0 Å². The van der Waals surface area contributed by atoms with E-state index in [9.17, 15) is 9.00 Å². The average molecular weight is 226 g/mol. The molecular formula is C11H14O3S. The fourth-order valence-corrected chi connectivity index (χ4v) is 1.77. The molecule has 3 nitrogen and oxygen atoms in total. The Hall–Kier alpha value is -1.16. The fraction of sp³-hybridized carbons (Fsp3) is 0.364. The predicted octanol–water partition coefficient (Wildman–Crippen LogP) is 1.65. The average Bonchev–Trinajstić information content (AvgIpc) is 2.29. The Kier molecular flexibility index (Phi) is 4.49. The van der Waals surface area contributed by atoms with Crippen LogP contribution in [-0.4, -0.2) is 28.6 Å². The van der Waals surface area contributed by atoms with Gasteiger partial charge >= 0.3 is 0 Å². The van der Waals surface area contributed by atoms with Crippen molar-refractivity contribution in [1.82, 2.24) is 0 Å². The van der Waals surface area contributed by atoms with Gasteiger partial charge in [-0.05, 0) is 24.3 Å². The molecule has 1 unspecified atom stereocenters. The largest absolute Gasteiger partial charge is 0.497 e. The highest BCUT2D eigenvalue weighted by Gasteiger charge is 2.08. The fourth-order valence-electron chi connectivity index (χ4n) is 1.11. The third kappa shape index (κ3) is 3.47. The Morgan fingerprint density at radius 2 is 1.93 bits per heavy atom. The number of carbonyl (C=O) groups is 1. The van der Waals surface area contributed by atoms with Crippen LogP contribution in [0.2, 0.25) is 0 Å². The standard InChI is InChI=1S/C11H14O3S/c1-3-15(13)8-11(12)9-4-6-10(14-2)7-5-9/h4-7H,3,8H2,1-2H3. The van der Waals surface area contributed by atoms with Crippen molar-refractivity contribution in [2.75, 3.05) is 18.6 Å². The first-order chi connectivity index (χ1) is 7.17. The minimum Gasteiger partial charge on any atom is -0.497 e. The summed E-state index contributed by atoms with van der Waals surface area (Å²) in [6.07, 6.45) is 0. The van der Waals surface area contributed by atoms with Crippen LogP contribution in [0.4, 0.5) is 0 Å². The van der Waals surface area contributed by atoms with E-state index in [1.807, 2.05) is 0 Å². The van der Waals surface area contributed by atoms with Crippen molar-refractivity contribution in [3.63, 3.8) is 0 Å². The van der Waals surface area contributed by atoms with Crippen molar-refractivity contribution in [3.8, 4) is 5.75 Å². The molecule has 0 aromatic heterocycles. The van der Waals surface area contributed by atoms with Crippen molar-refractivity contribution in [2.45, 2.75) is 6.92 Å². The van der Waals surface area contributed by atoms with Crippen molar-refractivity contribution in [2.24, 2.45) is 0 Å². The van der Waals surface area contributed by atoms with Crippen LogP contribution in [0.5, 0.6) is 5.75 Å². The van der Waals surface area contributed by atoms with Crippen molar-refractivity contribution >= 4 is 16.6 Å². The van der Waals surface area contributed by atoms with Gasteiger partial charge in [-0.1, -0.05) is 6.92 Å². The van der Waals surface area contributed by atoms with Crippen molar-refractivity contribution < 1.29 is 13.7 Å². The summed E-state index contributed by atoms with van der Waals surface area (Å²) in [6.45, 7) is 1.80. The van der Waals surface area contributed by atoms with Gasteiger partial charge in [-0.3, -0.25) is 9.00 Å². The molecule has 0 radical (unpaired) electrons. The lowest BCUT2D eigenvalue weighted by molar-refractivity contribution is 0.102. The summed E-state index contributed by atoms with van der Waals surface area (Å²) in [5.74, 6) is 1.24. The summed E-state index contributed by atoms with van der Waals surface area (Å²) < 4.78 is 16.2. The number of rotatable bonds is 5. The molecular weight excluding hydrogens is 212 g/mol. The second-order valence-electron chi connectivity index (χ2n) is 3.02. The second-order valence-corrected chi connectivity index (χ2v) is 4.77. The molecule has 0 aliphatic heterocycles. The predicted molar refractivity (Wildman–Crippen MR) is 60.9 cm³/mol. The summed E-state index contributed by atoms with van der Waals surface area (Å²) in [7, 11) is 0.527. The highest BCUT2D eigenvalue weighted by molar-refractivity contribution is 7.85. The minimum absolute atomic E-state index is 0.0853. The first kappa shape index (κ1) is 11.9. The minimum atomic E-state index is -1.05. The third-order valence-corrected chi connectivity index (χ3v) is 3.25. The molecule has 1 aromatic carbocycles. The van der Waals surface area contributed by atoms with Gasteiger partial charge in [0.2, 0.25) is 0 Å². The van der Waals surface area contributed by atoms with E-state index in [0.717, 1.165) is 0 Å². The van der Waals surface area contributed by atoms with Gasteiger partial charge in [0.15, 0.2) is 5.78 Å². The molecule has 0 saturated heterocycles. The normalized spacial score (nSPS) is 12.1. The number of hydrogen-bond acceptors (Lipinski definition) is 3. The van der Waals surface area contributed by atoms with Crippen LogP contribution < -0.4 is 4.74 Å². The van der Waals surface area contributed by atoms with Crippen LogP contribution in [-0.2, 0) is 10.8 Å². The van der Waals surface area contributed by atoms with Gasteiger partial charge in [-0.2, -0.15) is 0 Å². The molecule has 0 fully saturated rings. The number of ketones is 1. The number of carbonyl (C=O) groups excluding carboxylic acids is 1. The highest BCUT2D eigenvalue weighted by atomic mass is 32.2. The van der Waals surface area contributed by atoms with Crippen molar-refractivity contribution in [1.29, 1.82) is 0 Å². The van der Waals surface area contributed by atoms with Crippen LogP contribution in [0.1, 0.15) is 17.3 Å². The number of hydrogen-bond donors (Lipinski definition) is 0. The second kappa shape index (κ2) is 5.66. The first-order valence-corrected chi connectivity index (χ1v) is 6.18. The van der Waals surface area contributed by atoms with E-state index < -0.39 is 10.8 Å². The molecule has 0 aliphatic carbocycles. The topological polar surface area (TPSA) is 43.4 Å². The van der Waals surface area contributed by atoms with Gasteiger partial charge in [0.1, 0.15) is 5.75 Å². The summed E-state index contributed by atoms with van der Waals surface area (Å²) in [6, 6.07) is 6.83. The summed E-state index contributed by atoms with van der Waals surface area (Å²) in [5.41, 5.74) is 0.581. The van der Waals surface area contributed by atoms with E-state index in [1.54, 1.807) is 38.3 Å². The van der Waals surface area contributed by atoms with E-state index in [4.69, 9.17) is 4.74 Å². The Morgan fingerprint density at radius 1 is 1.33 bits per heavy atom. The molecule has 15 heavy (non-hydrogen) atoms. The molecule has 0 heterocycles. The Morgan fingerprint density at radius 3 is 2.40 bits per heavy atom. The lowest BCUT2D eigenvalue weighted by Gasteiger charge is -2.02. The molecule has 0 N–H and O–H groups in total. The molecule has 1 atom stereocenters. The summed E-state index contributed by atoms with van der Waals surface area (Å²) in [4.78, 5) is 11.6. The Labute approximate surface area is 91.9 Å². The molecule has 0 bridgehead atoms. The van der Waals surface area contributed by atoms with Gasteiger partial charge < -0.3 is 4.74 Å². The number of benzene rings is 1. The Balaban J connectivity index is 2.70. The molecule has 1 aromatic rings. The summed E-state index contributed by atoms with van der Waals surface area (Å²) in [5, 5.41) is 0. The van der Waals surface area contributed by atoms with E-state index in [0.29, 0.717) is 17.1 Å². The lowest BCUT2D eigenvalue weighted by Crippen LogP contribution is -2.11. The first-order valence-electron chi connectivity index (χ1n) is 4.69.